The van der Waals surface area contributed by atoms with Crippen molar-refractivity contribution in [2.75, 3.05) is 6.61 Å². The summed E-state index contributed by atoms with van der Waals surface area (Å²) in [4.78, 5) is 36.7. The molecule has 0 saturated heterocycles. The van der Waals surface area contributed by atoms with Crippen LogP contribution < -0.4 is 4.74 Å². The van der Waals surface area contributed by atoms with Crippen LogP contribution in [0.4, 0.5) is 13.2 Å². The Kier molecular flexibility index (Phi) is 4.68. The van der Waals surface area contributed by atoms with Gasteiger partial charge >= 0.3 is 12.1 Å². The fraction of sp³-hybridized carbons (Fsp3) is 0.312. The first kappa shape index (κ1) is 18.5. The highest BCUT2D eigenvalue weighted by Crippen LogP contribution is 2.26. The van der Waals surface area contributed by atoms with E-state index >= 15 is 0 Å². The number of nitrogens with zero attached hydrogens (tertiary/aromatic N) is 4. The quantitative estimate of drug-likeness (QED) is 0.843. The Hall–Kier alpha value is -3.24. The third kappa shape index (κ3) is 3.96. The second-order valence-corrected chi connectivity index (χ2v) is 5.81. The first-order valence-electron chi connectivity index (χ1n) is 7.68. The molecule has 0 fully saturated rings. The maximum atomic E-state index is 12.4. The monoisotopic (exact) mass is 382 g/mol. The number of hydrogen-bond donors (Lipinski definition) is 1. The first-order valence-corrected chi connectivity index (χ1v) is 7.68. The second-order valence-electron chi connectivity index (χ2n) is 5.81. The SMILES string of the molecule is Cc1nc(CN2Cc3c(ccnc3C(=O)O)C2=O)cnc1OCC(F)(F)F. The zero-order valence-electron chi connectivity index (χ0n) is 13.9. The number of hydrogen-bond acceptors (Lipinski definition) is 6. The number of aryl methyl sites for hydroxylation is 1. The van der Waals surface area contributed by atoms with Gasteiger partial charge in [-0.2, -0.15) is 13.2 Å². The van der Waals surface area contributed by atoms with Crippen LogP contribution in [0.15, 0.2) is 18.5 Å². The lowest BCUT2D eigenvalue weighted by molar-refractivity contribution is -0.154. The zero-order valence-corrected chi connectivity index (χ0v) is 13.9. The number of amides is 1. The second kappa shape index (κ2) is 6.82. The molecule has 11 heteroatoms. The van der Waals surface area contributed by atoms with Gasteiger partial charge in [0.1, 0.15) is 0 Å². The van der Waals surface area contributed by atoms with Gasteiger partial charge in [-0.25, -0.2) is 19.7 Å². The molecule has 2 aromatic heterocycles. The fourth-order valence-corrected chi connectivity index (χ4v) is 2.68. The summed E-state index contributed by atoms with van der Waals surface area (Å²) in [7, 11) is 0. The predicted molar refractivity (Wildman–Crippen MR) is 83.1 cm³/mol. The van der Waals surface area contributed by atoms with Gasteiger partial charge in [0.05, 0.1) is 24.1 Å². The van der Waals surface area contributed by atoms with E-state index in [2.05, 4.69) is 19.7 Å². The highest BCUT2D eigenvalue weighted by Gasteiger charge is 2.32. The average molecular weight is 382 g/mol. The molecule has 27 heavy (non-hydrogen) atoms. The smallest absolute Gasteiger partial charge is 0.422 e. The highest BCUT2D eigenvalue weighted by molar-refractivity contribution is 6.01. The van der Waals surface area contributed by atoms with Gasteiger partial charge in [-0.05, 0) is 13.0 Å². The largest absolute Gasteiger partial charge is 0.477 e. The molecule has 0 aliphatic carbocycles. The minimum atomic E-state index is -4.49. The van der Waals surface area contributed by atoms with E-state index in [0.29, 0.717) is 11.3 Å². The zero-order chi connectivity index (χ0) is 19.8. The van der Waals surface area contributed by atoms with Gasteiger partial charge in [-0.1, -0.05) is 0 Å². The molecule has 0 aromatic carbocycles. The molecule has 1 aliphatic rings. The van der Waals surface area contributed by atoms with Crippen molar-refractivity contribution in [2.45, 2.75) is 26.2 Å². The van der Waals surface area contributed by atoms with Crippen molar-refractivity contribution < 1.29 is 32.6 Å². The van der Waals surface area contributed by atoms with Crippen LogP contribution >= 0.6 is 0 Å². The van der Waals surface area contributed by atoms with E-state index in [4.69, 9.17) is 0 Å². The van der Waals surface area contributed by atoms with Crippen molar-refractivity contribution in [3.05, 3.63) is 46.7 Å². The van der Waals surface area contributed by atoms with Gasteiger partial charge < -0.3 is 14.7 Å². The van der Waals surface area contributed by atoms with E-state index in [-0.39, 0.29) is 41.8 Å². The number of fused-ring (bicyclic) bond motifs is 1. The van der Waals surface area contributed by atoms with E-state index in [1.807, 2.05) is 0 Å². The van der Waals surface area contributed by atoms with Crippen LogP contribution in [0.1, 0.15) is 37.8 Å². The normalized spacial score (nSPS) is 13.6. The molecule has 1 amide bonds. The minimum Gasteiger partial charge on any atom is -0.477 e. The Balaban J connectivity index is 1.75. The molecule has 8 nitrogen and oxygen atoms in total. The van der Waals surface area contributed by atoms with Crippen LogP contribution in [0.3, 0.4) is 0 Å². The van der Waals surface area contributed by atoms with Crippen LogP contribution in [0.2, 0.25) is 0 Å². The van der Waals surface area contributed by atoms with Crippen LogP contribution in [0.5, 0.6) is 5.88 Å². The van der Waals surface area contributed by atoms with Gasteiger partial charge in [0.2, 0.25) is 5.88 Å². The number of aromatic nitrogens is 3. The molecule has 1 aliphatic heterocycles. The molecule has 3 rings (SSSR count). The van der Waals surface area contributed by atoms with Gasteiger partial charge in [-0.3, -0.25) is 4.79 Å². The number of ether oxygens (including phenoxy) is 1. The molecule has 0 unspecified atom stereocenters. The van der Waals surface area contributed by atoms with E-state index in [9.17, 15) is 27.9 Å². The lowest BCUT2D eigenvalue weighted by atomic mass is 10.1. The molecule has 2 aromatic rings. The number of halogens is 3. The summed E-state index contributed by atoms with van der Waals surface area (Å²) < 4.78 is 41.3. The fourth-order valence-electron chi connectivity index (χ4n) is 2.68. The molecular weight excluding hydrogens is 369 g/mol. The first-order chi connectivity index (χ1) is 12.7. The Morgan fingerprint density at radius 2 is 2.11 bits per heavy atom. The minimum absolute atomic E-state index is 0.0139. The van der Waals surface area contributed by atoms with Crippen LogP contribution in [0.25, 0.3) is 0 Å². The van der Waals surface area contributed by atoms with Crippen molar-refractivity contribution >= 4 is 11.9 Å². The Morgan fingerprint density at radius 1 is 1.37 bits per heavy atom. The molecule has 3 heterocycles. The van der Waals surface area contributed by atoms with Gasteiger partial charge in [0.15, 0.2) is 12.3 Å². The Morgan fingerprint density at radius 3 is 2.74 bits per heavy atom. The summed E-state index contributed by atoms with van der Waals surface area (Å²) in [5, 5.41) is 9.18. The van der Waals surface area contributed by atoms with Gasteiger partial charge in [-0.15, -0.1) is 0 Å². The predicted octanol–water partition coefficient (Wildman–Crippen LogP) is 1.98. The van der Waals surface area contributed by atoms with E-state index in [0.717, 1.165) is 0 Å². The molecule has 0 radical (unpaired) electrons. The van der Waals surface area contributed by atoms with Crippen molar-refractivity contribution in [3.63, 3.8) is 0 Å². The maximum absolute atomic E-state index is 12.4. The number of carboxylic acid groups (broad SMARTS) is 1. The average Bonchev–Trinajstić information content (AvgIpc) is 2.89. The number of carboxylic acids is 1. The molecular formula is C16H13F3N4O4. The van der Waals surface area contributed by atoms with Crippen LogP contribution in [0, 0.1) is 6.92 Å². The molecule has 0 bridgehead atoms. The molecule has 0 spiro atoms. The molecule has 0 atom stereocenters. The number of pyridine rings is 1. The van der Waals surface area contributed by atoms with E-state index < -0.39 is 18.8 Å². The van der Waals surface area contributed by atoms with Crippen molar-refractivity contribution in [2.24, 2.45) is 0 Å². The molecule has 142 valence electrons. The van der Waals surface area contributed by atoms with Gasteiger partial charge in [0.25, 0.3) is 5.91 Å². The summed E-state index contributed by atoms with van der Waals surface area (Å²) in [5.74, 6) is -1.86. The standard InChI is InChI=1S/C16H13F3N4O4/c1-8-13(27-7-16(17,18)19)21-4-9(22-8)5-23-6-11-10(14(23)24)2-3-20-12(11)15(25)26/h2-4H,5-7H2,1H3,(H,25,26). The summed E-state index contributed by atoms with van der Waals surface area (Å²) >= 11 is 0. The lowest BCUT2D eigenvalue weighted by Gasteiger charge is -2.16. The van der Waals surface area contributed by atoms with E-state index in [1.54, 1.807) is 0 Å². The summed E-state index contributed by atoms with van der Waals surface area (Å²) in [5.41, 5.74) is 0.843. The van der Waals surface area contributed by atoms with Crippen molar-refractivity contribution in [1.82, 2.24) is 19.9 Å². The van der Waals surface area contributed by atoms with Crippen molar-refractivity contribution in [3.8, 4) is 5.88 Å². The third-order valence-electron chi connectivity index (χ3n) is 3.80. The van der Waals surface area contributed by atoms with E-state index in [1.165, 1.54) is 30.3 Å². The third-order valence-corrected chi connectivity index (χ3v) is 3.80. The summed E-state index contributed by atoms with van der Waals surface area (Å²) in [6.07, 6.45) is -2.03. The van der Waals surface area contributed by atoms with Gasteiger partial charge in [0, 0.05) is 23.9 Å². The number of carbonyl (C=O) groups excluding carboxylic acids is 1. The van der Waals surface area contributed by atoms with Crippen molar-refractivity contribution in [1.29, 1.82) is 0 Å². The Bertz CT molecular complexity index is 917. The summed E-state index contributed by atoms with van der Waals surface area (Å²) in [6.45, 7) is 0.0125. The maximum Gasteiger partial charge on any atom is 0.422 e. The number of rotatable bonds is 5. The lowest BCUT2D eigenvalue weighted by Crippen LogP contribution is -2.24. The van der Waals surface area contributed by atoms with Crippen LogP contribution in [-0.2, 0) is 13.1 Å². The summed E-state index contributed by atoms with van der Waals surface area (Å²) in [6, 6.07) is 1.44. The number of aromatic carboxylic acids is 1. The number of carbonyl (C=O) groups is 2. The Labute approximate surface area is 150 Å². The number of alkyl halides is 3. The highest BCUT2D eigenvalue weighted by atomic mass is 19.4. The topological polar surface area (TPSA) is 106 Å². The molecule has 0 saturated carbocycles. The van der Waals surface area contributed by atoms with Crippen LogP contribution in [-0.4, -0.2) is 49.6 Å². The molecule has 1 N–H and O–H groups in total.